The van der Waals surface area contributed by atoms with Gasteiger partial charge in [-0.1, -0.05) is 6.92 Å². The van der Waals surface area contributed by atoms with E-state index in [-0.39, 0.29) is 0 Å². The van der Waals surface area contributed by atoms with Crippen molar-refractivity contribution in [3.05, 3.63) is 0 Å². The molecule has 13 heteroatoms. The van der Waals surface area contributed by atoms with E-state index in [0.29, 0.717) is 14.0 Å². The maximum absolute atomic E-state index is 13.2. The summed E-state index contributed by atoms with van der Waals surface area (Å²) in [6.45, 7) is 0.510. The monoisotopic (exact) mass is 370 g/mol. The molecule has 138 valence electrons. The summed E-state index contributed by atoms with van der Waals surface area (Å²) in [5.74, 6) is -31.8. The number of rotatable bonds is 6. The van der Waals surface area contributed by atoms with Gasteiger partial charge in [0, 0.05) is 6.42 Å². The lowest BCUT2D eigenvalue weighted by molar-refractivity contribution is -0.423. The summed E-state index contributed by atoms with van der Waals surface area (Å²) < 4.78 is 143. The molecule has 0 aliphatic carbocycles. The molecule has 0 bridgehead atoms. The first-order valence-corrected chi connectivity index (χ1v) is 5.52. The molecule has 0 aromatic rings. The molecule has 0 saturated carbocycles. The van der Waals surface area contributed by atoms with Gasteiger partial charge in [-0.15, -0.1) is 0 Å². The zero-order valence-corrected chi connectivity index (χ0v) is 11.3. The van der Waals surface area contributed by atoms with Crippen LogP contribution in [0.3, 0.4) is 0 Å². The topological polar surface area (TPSA) is 26.3 Å². The third-order valence-corrected chi connectivity index (χ3v) is 2.77. The lowest BCUT2D eigenvalue weighted by atomic mass is 9.92. The van der Waals surface area contributed by atoms with Gasteiger partial charge < -0.3 is 4.74 Å². The number of methoxy groups -OCH3 is 1. The van der Waals surface area contributed by atoms with Gasteiger partial charge in [-0.05, 0) is 0 Å². The van der Waals surface area contributed by atoms with E-state index >= 15 is 0 Å². The van der Waals surface area contributed by atoms with Gasteiger partial charge >= 0.3 is 35.8 Å². The second kappa shape index (κ2) is 5.96. The molecule has 0 aromatic carbocycles. The fourth-order valence-electron chi connectivity index (χ4n) is 1.40. The van der Waals surface area contributed by atoms with E-state index in [1.807, 2.05) is 0 Å². The third-order valence-electron chi connectivity index (χ3n) is 2.77. The number of carbonyl (C=O) groups excluding carboxylic acids is 1. The largest absolute Gasteiger partial charge is 0.469 e. The summed E-state index contributed by atoms with van der Waals surface area (Å²) in [4.78, 5) is 10.8. The molecule has 1 unspecified atom stereocenters. The Labute approximate surface area is 121 Å². The fourth-order valence-corrected chi connectivity index (χ4v) is 1.40. The van der Waals surface area contributed by atoms with Crippen LogP contribution in [-0.4, -0.2) is 42.9 Å². The predicted octanol–water partition coefficient (Wildman–Crippen LogP) is 4.29. The van der Waals surface area contributed by atoms with E-state index in [4.69, 9.17) is 0 Å². The average Bonchev–Trinajstić information content (AvgIpc) is 2.34. The van der Waals surface area contributed by atoms with Crippen LogP contribution in [0.2, 0.25) is 0 Å². The Balaban J connectivity index is 5.80. The standard InChI is InChI=1S/C10H9F11O2/c1-4(5(22)23-2)3-6(11,12)7(13,14)8(15,16)9(17,18)10(19,20)21/h4H,3H2,1-2H3. The Morgan fingerprint density at radius 1 is 0.826 bits per heavy atom. The normalized spacial score (nSPS) is 16.2. The van der Waals surface area contributed by atoms with Gasteiger partial charge in [0.25, 0.3) is 0 Å². The smallest absolute Gasteiger partial charge is 0.460 e. The van der Waals surface area contributed by atoms with Gasteiger partial charge in [0.05, 0.1) is 13.0 Å². The summed E-state index contributed by atoms with van der Waals surface area (Å²) in [6.07, 6.45) is -9.64. The molecule has 0 saturated heterocycles. The Morgan fingerprint density at radius 3 is 1.52 bits per heavy atom. The fraction of sp³-hybridized carbons (Fsp3) is 0.900. The Kier molecular flexibility index (Phi) is 5.63. The lowest BCUT2D eigenvalue weighted by Crippen LogP contribution is -2.66. The molecule has 2 nitrogen and oxygen atoms in total. The molecule has 0 aliphatic rings. The molecule has 23 heavy (non-hydrogen) atoms. The number of esters is 1. The predicted molar refractivity (Wildman–Crippen MR) is 51.6 cm³/mol. The van der Waals surface area contributed by atoms with Crippen LogP contribution in [0, 0.1) is 5.92 Å². The van der Waals surface area contributed by atoms with Gasteiger partial charge in [-0.3, -0.25) is 4.79 Å². The number of carbonyl (C=O) groups is 1. The van der Waals surface area contributed by atoms with E-state index in [1.54, 1.807) is 0 Å². The van der Waals surface area contributed by atoms with E-state index in [9.17, 15) is 53.1 Å². The van der Waals surface area contributed by atoms with Gasteiger partial charge in [-0.25, -0.2) is 0 Å². The second-order valence-corrected chi connectivity index (χ2v) is 4.55. The first-order chi connectivity index (χ1) is 9.87. The molecular weight excluding hydrogens is 361 g/mol. The molecule has 0 aromatic heterocycles. The van der Waals surface area contributed by atoms with Gasteiger partial charge in [0.15, 0.2) is 0 Å². The van der Waals surface area contributed by atoms with Crippen LogP contribution in [-0.2, 0) is 9.53 Å². The number of hydrogen-bond acceptors (Lipinski definition) is 2. The number of hydrogen-bond donors (Lipinski definition) is 0. The van der Waals surface area contributed by atoms with Gasteiger partial charge in [0.2, 0.25) is 0 Å². The van der Waals surface area contributed by atoms with Crippen molar-refractivity contribution >= 4 is 5.97 Å². The molecule has 0 rings (SSSR count). The summed E-state index contributed by atoms with van der Waals surface area (Å²) in [5, 5.41) is 0. The molecule has 0 spiro atoms. The van der Waals surface area contributed by atoms with Gasteiger partial charge in [-0.2, -0.15) is 48.3 Å². The molecule has 0 N–H and O–H groups in total. The van der Waals surface area contributed by atoms with Crippen LogP contribution >= 0.6 is 0 Å². The second-order valence-electron chi connectivity index (χ2n) is 4.55. The first kappa shape index (κ1) is 21.7. The lowest BCUT2D eigenvalue weighted by Gasteiger charge is -2.37. The van der Waals surface area contributed by atoms with Crippen LogP contribution in [0.25, 0.3) is 0 Å². The van der Waals surface area contributed by atoms with Crippen molar-refractivity contribution < 1.29 is 57.8 Å². The minimum absolute atomic E-state index is 0.510. The highest BCUT2D eigenvalue weighted by Crippen LogP contribution is 2.58. The SMILES string of the molecule is COC(=O)C(C)CC(F)(F)C(F)(F)C(F)(F)C(F)(F)C(F)(F)F. The summed E-state index contributed by atoms with van der Waals surface area (Å²) in [6, 6.07) is 0. The van der Waals surface area contributed by atoms with Crippen LogP contribution in [0.5, 0.6) is 0 Å². The van der Waals surface area contributed by atoms with Crippen molar-refractivity contribution in [2.75, 3.05) is 7.11 Å². The molecule has 0 aliphatic heterocycles. The summed E-state index contributed by atoms with van der Waals surface area (Å²) in [7, 11) is 0.627. The molecule has 0 radical (unpaired) electrons. The minimum Gasteiger partial charge on any atom is -0.469 e. The van der Waals surface area contributed by atoms with Crippen molar-refractivity contribution in [1.82, 2.24) is 0 Å². The highest BCUT2D eigenvalue weighted by Gasteiger charge is 2.87. The Bertz CT molecular complexity index is 441. The van der Waals surface area contributed by atoms with Crippen LogP contribution in [0.15, 0.2) is 0 Å². The van der Waals surface area contributed by atoms with Crippen LogP contribution in [0.4, 0.5) is 48.3 Å². The molecule has 1 atom stereocenters. The van der Waals surface area contributed by atoms with Crippen LogP contribution in [0.1, 0.15) is 13.3 Å². The maximum atomic E-state index is 13.2. The third kappa shape index (κ3) is 3.47. The first-order valence-electron chi connectivity index (χ1n) is 5.52. The number of ether oxygens (including phenoxy) is 1. The van der Waals surface area contributed by atoms with Crippen molar-refractivity contribution in [3.63, 3.8) is 0 Å². The van der Waals surface area contributed by atoms with Crippen molar-refractivity contribution in [1.29, 1.82) is 0 Å². The molecule has 0 heterocycles. The van der Waals surface area contributed by atoms with Crippen LogP contribution < -0.4 is 0 Å². The molecule has 0 fully saturated rings. The number of alkyl halides is 11. The van der Waals surface area contributed by atoms with E-state index in [2.05, 4.69) is 4.74 Å². The minimum atomic E-state index is -7.46. The Morgan fingerprint density at radius 2 is 1.22 bits per heavy atom. The van der Waals surface area contributed by atoms with Crippen molar-refractivity contribution in [2.24, 2.45) is 5.92 Å². The van der Waals surface area contributed by atoms with E-state index in [0.717, 1.165) is 0 Å². The highest BCUT2D eigenvalue weighted by molar-refractivity contribution is 5.71. The van der Waals surface area contributed by atoms with Gasteiger partial charge in [0.1, 0.15) is 0 Å². The zero-order valence-electron chi connectivity index (χ0n) is 11.3. The quantitative estimate of drug-likeness (QED) is 0.515. The summed E-state index contributed by atoms with van der Waals surface area (Å²) >= 11 is 0. The van der Waals surface area contributed by atoms with E-state index < -0.39 is 48.2 Å². The molecule has 0 amide bonds. The molecular formula is C10H9F11O2. The highest BCUT2D eigenvalue weighted by atomic mass is 19.4. The Hall–Kier alpha value is -1.30. The summed E-state index contributed by atoms with van der Waals surface area (Å²) in [5.41, 5.74) is 0. The van der Waals surface area contributed by atoms with Crippen molar-refractivity contribution in [2.45, 2.75) is 43.2 Å². The van der Waals surface area contributed by atoms with Crippen molar-refractivity contribution in [3.8, 4) is 0 Å². The maximum Gasteiger partial charge on any atom is 0.460 e. The number of halogens is 11. The van der Waals surface area contributed by atoms with E-state index in [1.165, 1.54) is 0 Å². The average molecular weight is 370 g/mol. The zero-order chi connectivity index (χ0) is 19.1.